The molecule has 0 aliphatic rings. The summed E-state index contributed by atoms with van der Waals surface area (Å²) in [5.41, 5.74) is 6.15. The fraction of sp³-hybridized carbons (Fsp3) is 0.100. The zero-order valence-electron chi connectivity index (χ0n) is 7.99. The summed E-state index contributed by atoms with van der Waals surface area (Å²) in [5, 5.41) is 12.7. The molecule has 78 valence electrons. The fourth-order valence-electron chi connectivity index (χ4n) is 1.28. The monoisotopic (exact) mass is 208 g/mol. The van der Waals surface area contributed by atoms with Crippen LogP contribution in [0.2, 0.25) is 0 Å². The Balaban J connectivity index is 2.58. The van der Waals surface area contributed by atoms with Crippen molar-refractivity contribution in [3.63, 3.8) is 0 Å². The van der Waals surface area contributed by atoms with Gasteiger partial charge >= 0.3 is 0 Å². The highest BCUT2D eigenvalue weighted by atomic mass is 19.1. The Morgan fingerprint density at radius 2 is 2.13 bits per heavy atom. The number of aromatic nitrogens is 1. The Labute approximate surface area is 85.1 Å². The average molecular weight is 208 g/mol. The van der Waals surface area contributed by atoms with E-state index in [1.54, 1.807) is 6.92 Å². The number of hydrogen-bond donors (Lipinski definition) is 2. The Kier molecular flexibility index (Phi) is 2.07. The second-order valence-electron chi connectivity index (χ2n) is 3.23. The van der Waals surface area contributed by atoms with E-state index in [0.29, 0.717) is 5.56 Å². The molecule has 0 amide bonds. The normalized spacial score (nSPS) is 10.5. The predicted molar refractivity (Wildman–Crippen MR) is 52.7 cm³/mol. The molecule has 2 aromatic rings. The first kappa shape index (κ1) is 9.51. The SMILES string of the molecule is Cc1cc(-c2cc(N)no2)c(F)cc1O. The molecule has 1 heterocycles. The summed E-state index contributed by atoms with van der Waals surface area (Å²) in [5.74, 6) is -0.235. The summed E-state index contributed by atoms with van der Waals surface area (Å²) in [6, 6.07) is 3.93. The van der Waals surface area contributed by atoms with Gasteiger partial charge in [0.05, 0.1) is 5.56 Å². The molecule has 0 aliphatic heterocycles. The maximum atomic E-state index is 13.4. The number of hydrogen-bond acceptors (Lipinski definition) is 4. The van der Waals surface area contributed by atoms with E-state index in [1.165, 1.54) is 12.1 Å². The van der Waals surface area contributed by atoms with Crippen molar-refractivity contribution in [2.75, 3.05) is 5.73 Å². The number of nitrogens with two attached hydrogens (primary N) is 1. The molecule has 0 atom stereocenters. The Hall–Kier alpha value is -2.04. The zero-order chi connectivity index (χ0) is 11.0. The summed E-state index contributed by atoms with van der Waals surface area (Å²) in [6.45, 7) is 1.66. The fourth-order valence-corrected chi connectivity index (χ4v) is 1.28. The Morgan fingerprint density at radius 1 is 1.40 bits per heavy atom. The molecule has 1 aromatic carbocycles. The van der Waals surface area contributed by atoms with E-state index in [0.717, 1.165) is 6.07 Å². The van der Waals surface area contributed by atoms with Crippen molar-refractivity contribution in [2.45, 2.75) is 6.92 Å². The molecule has 0 unspecified atom stereocenters. The third-order valence-corrected chi connectivity index (χ3v) is 2.08. The van der Waals surface area contributed by atoms with Gasteiger partial charge in [0.1, 0.15) is 11.6 Å². The van der Waals surface area contributed by atoms with Crippen LogP contribution in [0, 0.1) is 12.7 Å². The van der Waals surface area contributed by atoms with Gasteiger partial charge in [0.2, 0.25) is 0 Å². The van der Waals surface area contributed by atoms with Crippen molar-refractivity contribution in [1.29, 1.82) is 0 Å². The van der Waals surface area contributed by atoms with E-state index in [-0.39, 0.29) is 22.9 Å². The van der Waals surface area contributed by atoms with Crippen molar-refractivity contribution in [1.82, 2.24) is 5.16 Å². The zero-order valence-corrected chi connectivity index (χ0v) is 7.99. The van der Waals surface area contributed by atoms with Crippen LogP contribution in [0.25, 0.3) is 11.3 Å². The van der Waals surface area contributed by atoms with Crippen molar-refractivity contribution < 1.29 is 14.0 Å². The summed E-state index contributed by atoms with van der Waals surface area (Å²) in [7, 11) is 0. The quantitative estimate of drug-likeness (QED) is 0.752. The van der Waals surface area contributed by atoms with Crippen molar-refractivity contribution >= 4 is 5.82 Å². The Bertz CT molecular complexity index is 508. The van der Waals surface area contributed by atoms with E-state index in [2.05, 4.69) is 5.16 Å². The van der Waals surface area contributed by atoms with Gasteiger partial charge in [-0.15, -0.1) is 0 Å². The van der Waals surface area contributed by atoms with Crippen molar-refractivity contribution in [3.05, 3.63) is 29.6 Å². The first-order valence-electron chi connectivity index (χ1n) is 4.29. The van der Waals surface area contributed by atoms with Gasteiger partial charge in [-0.1, -0.05) is 5.16 Å². The molecule has 15 heavy (non-hydrogen) atoms. The molecule has 0 bridgehead atoms. The second-order valence-corrected chi connectivity index (χ2v) is 3.23. The molecule has 4 nitrogen and oxygen atoms in total. The van der Waals surface area contributed by atoms with Gasteiger partial charge in [-0.3, -0.25) is 0 Å². The van der Waals surface area contributed by atoms with E-state index < -0.39 is 5.82 Å². The molecule has 0 aliphatic carbocycles. The van der Waals surface area contributed by atoms with Gasteiger partial charge in [0, 0.05) is 12.1 Å². The van der Waals surface area contributed by atoms with Crippen LogP contribution in [0.15, 0.2) is 22.7 Å². The number of rotatable bonds is 1. The number of aromatic hydroxyl groups is 1. The standard InChI is InChI=1S/C10H9FN2O2/c1-5-2-6(7(11)3-8(5)14)9-4-10(12)13-15-9/h2-4,14H,1H3,(H2,12,13). The number of phenolic OH excluding ortho intramolecular Hbond substituents is 1. The maximum Gasteiger partial charge on any atom is 0.172 e. The molecular formula is C10H9FN2O2. The lowest BCUT2D eigenvalue weighted by molar-refractivity contribution is 0.432. The maximum absolute atomic E-state index is 13.4. The van der Waals surface area contributed by atoms with Gasteiger partial charge in [-0.25, -0.2) is 4.39 Å². The molecule has 0 saturated carbocycles. The predicted octanol–water partition coefficient (Wildman–Crippen LogP) is 2.08. The summed E-state index contributed by atoms with van der Waals surface area (Å²) in [4.78, 5) is 0. The van der Waals surface area contributed by atoms with E-state index >= 15 is 0 Å². The molecule has 2 rings (SSSR count). The molecule has 0 fully saturated rings. The minimum Gasteiger partial charge on any atom is -0.508 e. The third kappa shape index (κ3) is 1.63. The second kappa shape index (κ2) is 3.27. The topological polar surface area (TPSA) is 72.3 Å². The molecule has 0 spiro atoms. The van der Waals surface area contributed by atoms with Gasteiger partial charge in [-0.2, -0.15) is 0 Å². The Morgan fingerprint density at radius 3 is 2.73 bits per heavy atom. The van der Waals surface area contributed by atoms with Gasteiger partial charge in [0.15, 0.2) is 11.6 Å². The summed E-state index contributed by atoms with van der Waals surface area (Å²) < 4.78 is 18.3. The first-order chi connectivity index (χ1) is 7.08. The lowest BCUT2D eigenvalue weighted by Gasteiger charge is -2.02. The number of aryl methyl sites for hydroxylation is 1. The highest BCUT2D eigenvalue weighted by Crippen LogP contribution is 2.29. The van der Waals surface area contributed by atoms with Crippen LogP contribution in [0.1, 0.15) is 5.56 Å². The highest BCUT2D eigenvalue weighted by molar-refractivity contribution is 5.63. The largest absolute Gasteiger partial charge is 0.508 e. The third-order valence-electron chi connectivity index (χ3n) is 2.08. The first-order valence-corrected chi connectivity index (χ1v) is 4.29. The minimum atomic E-state index is -0.575. The van der Waals surface area contributed by atoms with Gasteiger partial charge < -0.3 is 15.4 Å². The lowest BCUT2D eigenvalue weighted by atomic mass is 10.1. The smallest absolute Gasteiger partial charge is 0.172 e. The average Bonchev–Trinajstić information content (AvgIpc) is 2.58. The molecule has 0 radical (unpaired) electrons. The molecule has 1 aromatic heterocycles. The lowest BCUT2D eigenvalue weighted by Crippen LogP contribution is -1.85. The minimum absolute atomic E-state index is 0.0938. The van der Waals surface area contributed by atoms with Crippen molar-refractivity contribution in [2.24, 2.45) is 0 Å². The van der Waals surface area contributed by atoms with E-state index in [1.807, 2.05) is 0 Å². The van der Waals surface area contributed by atoms with Gasteiger partial charge in [0.25, 0.3) is 0 Å². The molecular weight excluding hydrogens is 199 g/mol. The number of benzene rings is 1. The number of halogens is 1. The van der Waals surface area contributed by atoms with E-state index in [4.69, 9.17) is 10.3 Å². The van der Waals surface area contributed by atoms with Gasteiger partial charge in [-0.05, 0) is 18.6 Å². The highest BCUT2D eigenvalue weighted by Gasteiger charge is 2.12. The van der Waals surface area contributed by atoms with Crippen molar-refractivity contribution in [3.8, 4) is 17.1 Å². The van der Waals surface area contributed by atoms with Crippen LogP contribution in [0.4, 0.5) is 10.2 Å². The van der Waals surface area contributed by atoms with Crippen LogP contribution in [0.3, 0.4) is 0 Å². The molecule has 0 saturated heterocycles. The van der Waals surface area contributed by atoms with E-state index in [9.17, 15) is 9.50 Å². The number of nitrogen functional groups attached to an aromatic ring is 1. The number of anilines is 1. The van der Waals surface area contributed by atoms with Crippen LogP contribution >= 0.6 is 0 Å². The molecule has 5 heteroatoms. The summed E-state index contributed by atoms with van der Waals surface area (Å²) in [6.07, 6.45) is 0. The summed E-state index contributed by atoms with van der Waals surface area (Å²) >= 11 is 0. The van der Waals surface area contributed by atoms with Crippen LogP contribution in [-0.2, 0) is 0 Å². The number of nitrogens with zero attached hydrogens (tertiary/aromatic N) is 1. The number of phenols is 1. The van der Waals surface area contributed by atoms with Crippen LogP contribution in [0.5, 0.6) is 5.75 Å². The van der Waals surface area contributed by atoms with Crippen LogP contribution in [-0.4, -0.2) is 10.3 Å². The molecule has 3 N–H and O–H groups in total. The van der Waals surface area contributed by atoms with Crippen LogP contribution < -0.4 is 5.73 Å².